The maximum atomic E-state index is 5.57. The minimum Gasteiger partial charge on any atom is -0.494 e. The van der Waals surface area contributed by atoms with E-state index in [-0.39, 0.29) is 0 Å². The van der Waals surface area contributed by atoms with E-state index in [2.05, 4.69) is 31.0 Å². The number of methoxy groups -OCH3 is 1. The lowest BCUT2D eigenvalue weighted by Gasteiger charge is -2.09. The Bertz CT molecular complexity index is 690. The summed E-state index contributed by atoms with van der Waals surface area (Å²) in [6.45, 7) is 4.51. The quantitative estimate of drug-likeness (QED) is 0.792. The summed E-state index contributed by atoms with van der Waals surface area (Å²) in [5, 5.41) is 0. The fourth-order valence-corrected chi connectivity index (χ4v) is 2.81. The van der Waals surface area contributed by atoms with Crippen LogP contribution in [0.3, 0.4) is 0 Å². The minimum absolute atomic E-state index is 0.709. The van der Waals surface area contributed by atoms with Crippen LogP contribution in [-0.2, 0) is 6.42 Å². The van der Waals surface area contributed by atoms with Crippen LogP contribution >= 0.6 is 0 Å². The average molecular weight is 294 g/mol. The molecule has 0 spiro atoms. The standard InChI is InChI=1S/C19H22N2O/c1-13(2)4-5-17-11-16-10-15(14-6-8-20-9-7-14)12-18(22-3)19(16)21-17/h6-10,12-13H,4-5,11H2,1-3H3. The van der Waals surface area contributed by atoms with Crippen LogP contribution in [0.15, 0.2) is 41.7 Å². The van der Waals surface area contributed by atoms with Crippen molar-refractivity contribution in [1.82, 2.24) is 4.98 Å². The average Bonchev–Trinajstić information content (AvgIpc) is 2.95. The Morgan fingerprint density at radius 2 is 1.91 bits per heavy atom. The van der Waals surface area contributed by atoms with E-state index in [1.54, 1.807) is 7.11 Å². The molecule has 0 amide bonds. The molecule has 0 aliphatic carbocycles. The molecule has 1 aromatic carbocycles. The van der Waals surface area contributed by atoms with Crippen LogP contribution in [0.2, 0.25) is 0 Å². The first-order valence-corrected chi connectivity index (χ1v) is 7.85. The van der Waals surface area contributed by atoms with E-state index in [0.717, 1.165) is 29.8 Å². The van der Waals surface area contributed by atoms with Crippen LogP contribution in [0, 0.1) is 5.92 Å². The van der Waals surface area contributed by atoms with Gasteiger partial charge in [0.2, 0.25) is 0 Å². The Morgan fingerprint density at radius 3 is 2.59 bits per heavy atom. The molecule has 0 saturated heterocycles. The van der Waals surface area contributed by atoms with Crippen molar-refractivity contribution in [2.45, 2.75) is 33.1 Å². The van der Waals surface area contributed by atoms with Crippen LogP contribution in [0.4, 0.5) is 5.69 Å². The van der Waals surface area contributed by atoms with Gasteiger partial charge in [0, 0.05) is 24.5 Å². The highest BCUT2D eigenvalue weighted by atomic mass is 16.5. The molecule has 3 nitrogen and oxygen atoms in total. The lowest BCUT2D eigenvalue weighted by molar-refractivity contribution is 0.416. The molecule has 0 saturated carbocycles. The molecule has 1 aliphatic heterocycles. The van der Waals surface area contributed by atoms with Crippen molar-refractivity contribution in [2.24, 2.45) is 10.9 Å². The first-order valence-electron chi connectivity index (χ1n) is 7.85. The predicted octanol–water partition coefficient (Wildman–Crippen LogP) is 4.82. The first-order chi connectivity index (χ1) is 10.7. The van der Waals surface area contributed by atoms with E-state index >= 15 is 0 Å². The van der Waals surface area contributed by atoms with Crippen molar-refractivity contribution >= 4 is 11.4 Å². The summed E-state index contributed by atoms with van der Waals surface area (Å²) < 4.78 is 5.57. The van der Waals surface area contributed by atoms with Crippen LogP contribution in [0.5, 0.6) is 5.75 Å². The molecule has 3 rings (SSSR count). The lowest BCUT2D eigenvalue weighted by atomic mass is 9.99. The second kappa shape index (κ2) is 6.30. The number of ether oxygens (including phenoxy) is 1. The summed E-state index contributed by atoms with van der Waals surface area (Å²) in [5.74, 6) is 1.57. The number of aliphatic imine (C=N–C) groups is 1. The Kier molecular flexibility index (Phi) is 4.23. The number of rotatable bonds is 5. The molecule has 0 unspecified atom stereocenters. The van der Waals surface area contributed by atoms with Crippen LogP contribution in [0.1, 0.15) is 32.3 Å². The molecule has 0 N–H and O–H groups in total. The maximum absolute atomic E-state index is 5.57. The maximum Gasteiger partial charge on any atom is 0.145 e. The predicted molar refractivity (Wildman–Crippen MR) is 91.1 cm³/mol. The van der Waals surface area contributed by atoms with Crippen molar-refractivity contribution in [3.05, 3.63) is 42.2 Å². The molecule has 0 bridgehead atoms. The summed E-state index contributed by atoms with van der Waals surface area (Å²) in [6.07, 6.45) is 6.84. The van der Waals surface area contributed by atoms with Gasteiger partial charge in [0.05, 0.1) is 7.11 Å². The summed E-state index contributed by atoms with van der Waals surface area (Å²) in [5.41, 5.74) is 5.88. The van der Waals surface area contributed by atoms with Gasteiger partial charge in [-0.25, -0.2) is 0 Å². The van der Waals surface area contributed by atoms with E-state index in [1.165, 1.54) is 23.3 Å². The zero-order chi connectivity index (χ0) is 15.5. The van der Waals surface area contributed by atoms with Gasteiger partial charge in [-0.1, -0.05) is 13.8 Å². The topological polar surface area (TPSA) is 34.5 Å². The Morgan fingerprint density at radius 1 is 1.14 bits per heavy atom. The molecule has 0 fully saturated rings. The number of nitrogens with zero attached hydrogens (tertiary/aromatic N) is 2. The summed E-state index contributed by atoms with van der Waals surface area (Å²) in [4.78, 5) is 8.89. The molecule has 0 radical (unpaired) electrons. The van der Waals surface area contributed by atoms with Gasteiger partial charge < -0.3 is 4.74 Å². The van der Waals surface area contributed by atoms with Crippen molar-refractivity contribution in [1.29, 1.82) is 0 Å². The van der Waals surface area contributed by atoms with Crippen molar-refractivity contribution in [3.8, 4) is 16.9 Å². The Balaban J connectivity index is 1.91. The molecule has 1 aromatic heterocycles. The number of pyridine rings is 1. The number of benzene rings is 1. The molecule has 1 aliphatic rings. The molecule has 114 valence electrons. The van der Waals surface area contributed by atoms with Crippen LogP contribution in [-0.4, -0.2) is 17.8 Å². The van der Waals surface area contributed by atoms with Crippen molar-refractivity contribution in [2.75, 3.05) is 7.11 Å². The lowest BCUT2D eigenvalue weighted by Crippen LogP contribution is -2.00. The Labute approximate surface area is 132 Å². The second-order valence-electron chi connectivity index (χ2n) is 6.21. The van der Waals surface area contributed by atoms with Gasteiger partial charge in [-0.15, -0.1) is 0 Å². The van der Waals surface area contributed by atoms with E-state index < -0.39 is 0 Å². The monoisotopic (exact) mass is 294 g/mol. The highest BCUT2D eigenvalue weighted by molar-refractivity contribution is 5.96. The minimum atomic E-state index is 0.709. The number of fused-ring (bicyclic) bond motifs is 1. The molecule has 2 heterocycles. The fourth-order valence-electron chi connectivity index (χ4n) is 2.81. The van der Waals surface area contributed by atoms with Crippen LogP contribution in [0.25, 0.3) is 11.1 Å². The SMILES string of the molecule is COc1cc(-c2ccncc2)cc2c1N=C(CCC(C)C)C2. The third-order valence-corrected chi connectivity index (χ3v) is 4.06. The third-order valence-electron chi connectivity index (χ3n) is 4.06. The largest absolute Gasteiger partial charge is 0.494 e. The fraction of sp³-hybridized carbons (Fsp3) is 0.368. The zero-order valence-corrected chi connectivity index (χ0v) is 13.5. The highest BCUT2D eigenvalue weighted by Gasteiger charge is 2.20. The van der Waals surface area contributed by atoms with E-state index in [9.17, 15) is 0 Å². The van der Waals surface area contributed by atoms with Gasteiger partial charge >= 0.3 is 0 Å². The molecule has 0 atom stereocenters. The molecular formula is C19H22N2O. The van der Waals surface area contributed by atoms with E-state index in [1.807, 2.05) is 24.5 Å². The van der Waals surface area contributed by atoms with Gasteiger partial charge in [0.1, 0.15) is 11.4 Å². The summed E-state index contributed by atoms with van der Waals surface area (Å²) in [6, 6.07) is 8.36. The van der Waals surface area contributed by atoms with E-state index in [0.29, 0.717) is 5.92 Å². The molecule has 2 aromatic rings. The number of hydrogen-bond acceptors (Lipinski definition) is 3. The molecular weight excluding hydrogens is 272 g/mol. The normalized spacial score (nSPS) is 13.2. The second-order valence-corrected chi connectivity index (χ2v) is 6.21. The van der Waals surface area contributed by atoms with Gasteiger partial charge in [-0.2, -0.15) is 0 Å². The molecule has 3 heteroatoms. The smallest absolute Gasteiger partial charge is 0.145 e. The van der Waals surface area contributed by atoms with Gasteiger partial charge in [-0.05, 0) is 59.7 Å². The highest BCUT2D eigenvalue weighted by Crippen LogP contribution is 2.40. The third kappa shape index (κ3) is 3.03. The number of hydrogen-bond donors (Lipinski definition) is 0. The number of aromatic nitrogens is 1. The van der Waals surface area contributed by atoms with Crippen molar-refractivity contribution in [3.63, 3.8) is 0 Å². The summed E-state index contributed by atoms with van der Waals surface area (Å²) in [7, 11) is 1.72. The van der Waals surface area contributed by atoms with E-state index in [4.69, 9.17) is 9.73 Å². The van der Waals surface area contributed by atoms with Crippen LogP contribution < -0.4 is 4.74 Å². The van der Waals surface area contributed by atoms with Gasteiger partial charge in [0.15, 0.2) is 0 Å². The van der Waals surface area contributed by atoms with Crippen molar-refractivity contribution < 1.29 is 4.74 Å². The Hall–Kier alpha value is -2.16. The zero-order valence-electron chi connectivity index (χ0n) is 13.5. The van der Waals surface area contributed by atoms with Gasteiger partial charge in [0.25, 0.3) is 0 Å². The summed E-state index contributed by atoms with van der Waals surface area (Å²) >= 11 is 0. The molecule has 22 heavy (non-hydrogen) atoms. The first kappa shape index (κ1) is 14.8. The van der Waals surface area contributed by atoms with Gasteiger partial charge in [-0.3, -0.25) is 9.98 Å².